The minimum atomic E-state index is -0.812. The van der Waals surface area contributed by atoms with Crippen LogP contribution >= 0.6 is 0 Å². The number of hydrogen-bond acceptors (Lipinski definition) is 6. The van der Waals surface area contributed by atoms with Gasteiger partial charge in [0, 0.05) is 19.3 Å². The van der Waals surface area contributed by atoms with E-state index in [1.54, 1.807) is 0 Å². The molecule has 0 heterocycles. The molecule has 0 aliphatic rings. The number of allylic oxidation sites excluding steroid dienone is 16. The molecule has 0 amide bonds. The normalized spacial score (nSPS) is 12.9. The number of rotatable bonds is 41. The molecule has 0 rings (SSSR count). The number of ether oxygens (including phenoxy) is 3. The summed E-state index contributed by atoms with van der Waals surface area (Å²) in [5, 5.41) is 0. The lowest BCUT2D eigenvalue weighted by Crippen LogP contribution is -2.30. The van der Waals surface area contributed by atoms with Gasteiger partial charge in [-0.2, -0.15) is 0 Å². The lowest BCUT2D eigenvalue weighted by atomic mass is 10.1. The maximum Gasteiger partial charge on any atom is 0.306 e. The van der Waals surface area contributed by atoms with Crippen molar-refractivity contribution in [3.63, 3.8) is 0 Å². The van der Waals surface area contributed by atoms with Crippen molar-refractivity contribution < 1.29 is 28.6 Å². The van der Waals surface area contributed by atoms with E-state index in [0.717, 1.165) is 103 Å². The largest absolute Gasteiger partial charge is 0.462 e. The van der Waals surface area contributed by atoms with Crippen LogP contribution in [0.1, 0.15) is 201 Å². The third-order valence-electron chi connectivity index (χ3n) is 9.60. The summed E-state index contributed by atoms with van der Waals surface area (Å²) in [7, 11) is 0. The van der Waals surface area contributed by atoms with Gasteiger partial charge < -0.3 is 14.2 Å². The molecule has 334 valence electrons. The minimum absolute atomic E-state index is 0.109. The summed E-state index contributed by atoms with van der Waals surface area (Å²) in [4.78, 5) is 37.8. The zero-order valence-electron chi connectivity index (χ0n) is 38.0. The van der Waals surface area contributed by atoms with Gasteiger partial charge in [0.15, 0.2) is 6.10 Å². The highest BCUT2D eigenvalue weighted by molar-refractivity contribution is 5.71. The minimum Gasteiger partial charge on any atom is -0.462 e. The van der Waals surface area contributed by atoms with Gasteiger partial charge in [0.1, 0.15) is 13.2 Å². The molecule has 0 aliphatic carbocycles. The van der Waals surface area contributed by atoms with Crippen LogP contribution < -0.4 is 0 Å². The molecule has 0 aromatic heterocycles. The molecule has 0 aromatic carbocycles. The molecule has 59 heavy (non-hydrogen) atoms. The van der Waals surface area contributed by atoms with Crippen molar-refractivity contribution in [2.75, 3.05) is 13.2 Å². The number of carbonyl (C=O) groups excluding carboxylic acids is 3. The number of esters is 3. The first kappa shape index (κ1) is 55.3. The van der Waals surface area contributed by atoms with Crippen molar-refractivity contribution in [3.8, 4) is 0 Å². The van der Waals surface area contributed by atoms with E-state index in [-0.39, 0.29) is 44.0 Å². The summed E-state index contributed by atoms with van der Waals surface area (Å²) in [5.74, 6) is -1.01. The highest BCUT2D eigenvalue weighted by Gasteiger charge is 2.19. The molecule has 0 saturated heterocycles. The smallest absolute Gasteiger partial charge is 0.306 e. The molecular weight excluding hydrogens is 733 g/mol. The van der Waals surface area contributed by atoms with Crippen molar-refractivity contribution in [2.45, 2.75) is 207 Å². The standard InChI is InChI=1S/C53H86O6/c1-4-7-10-13-16-19-22-24-25-26-27-29-31-34-37-40-43-46-52(55)58-49-50(48-57-51(54)45-42-39-36-33-30-21-18-15-12-9-6-3)59-53(56)47-44-41-38-35-32-28-23-20-17-14-11-8-5-2/h8,11,14-20,23-25,27,29,34,37,50H,4-7,9-10,12-13,21-22,26,28,30-33,35-36,38-49H2,1-3H3/b11-8-,17-14-,18-15-,19-16-,23-20-,25-24-,29-27-,37-34-. The Hall–Kier alpha value is -3.67. The van der Waals surface area contributed by atoms with Crippen LogP contribution in [0.2, 0.25) is 0 Å². The van der Waals surface area contributed by atoms with Gasteiger partial charge in [0.2, 0.25) is 0 Å². The first-order valence-corrected chi connectivity index (χ1v) is 23.8. The van der Waals surface area contributed by atoms with Crippen molar-refractivity contribution in [1.82, 2.24) is 0 Å². The summed E-state index contributed by atoms with van der Waals surface area (Å²) >= 11 is 0. The maximum atomic E-state index is 12.7. The second kappa shape index (κ2) is 47.0. The molecule has 6 heteroatoms. The van der Waals surface area contributed by atoms with E-state index in [2.05, 4.69) is 112 Å². The zero-order valence-corrected chi connectivity index (χ0v) is 38.0. The van der Waals surface area contributed by atoms with Gasteiger partial charge in [0.25, 0.3) is 0 Å². The van der Waals surface area contributed by atoms with E-state index in [1.165, 1.54) is 51.4 Å². The molecule has 0 aromatic rings. The molecule has 0 bridgehead atoms. The second-order valence-electron chi connectivity index (χ2n) is 15.3. The monoisotopic (exact) mass is 819 g/mol. The van der Waals surface area contributed by atoms with Crippen LogP contribution in [0.5, 0.6) is 0 Å². The Morgan fingerprint density at radius 3 is 1.31 bits per heavy atom. The van der Waals surface area contributed by atoms with Gasteiger partial charge in [-0.15, -0.1) is 0 Å². The lowest BCUT2D eigenvalue weighted by Gasteiger charge is -2.18. The predicted octanol–water partition coefficient (Wildman–Crippen LogP) is 15.4. The Balaban J connectivity index is 4.52. The molecule has 0 N–H and O–H groups in total. The summed E-state index contributed by atoms with van der Waals surface area (Å²) in [6, 6.07) is 0. The average Bonchev–Trinajstić information content (AvgIpc) is 3.23. The molecule has 0 fully saturated rings. The Labute approximate surface area is 362 Å². The van der Waals surface area contributed by atoms with E-state index in [1.807, 2.05) is 6.08 Å². The van der Waals surface area contributed by atoms with Gasteiger partial charge >= 0.3 is 17.9 Å². The number of carbonyl (C=O) groups is 3. The third kappa shape index (κ3) is 45.3. The van der Waals surface area contributed by atoms with Gasteiger partial charge in [-0.3, -0.25) is 14.4 Å². The summed E-state index contributed by atoms with van der Waals surface area (Å²) < 4.78 is 16.7. The first-order chi connectivity index (χ1) is 29.0. The molecule has 1 unspecified atom stereocenters. The predicted molar refractivity (Wildman–Crippen MR) is 251 cm³/mol. The van der Waals surface area contributed by atoms with Crippen molar-refractivity contribution >= 4 is 17.9 Å². The Morgan fingerprint density at radius 1 is 0.373 bits per heavy atom. The Bertz CT molecular complexity index is 1220. The highest BCUT2D eigenvalue weighted by Crippen LogP contribution is 2.12. The fourth-order valence-corrected chi connectivity index (χ4v) is 6.00. The van der Waals surface area contributed by atoms with E-state index >= 15 is 0 Å². The Kier molecular flexibility index (Phi) is 44.1. The molecule has 0 aliphatic heterocycles. The van der Waals surface area contributed by atoms with Crippen molar-refractivity contribution in [3.05, 3.63) is 97.2 Å². The first-order valence-electron chi connectivity index (χ1n) is 23.8. The van der Waals surface area contributed by atoms with Gasteiger partial charge in [-0.1, -0.05) is 182 Å². The lowest BCUT2D eigenvalue weighted by molar-refractivity contribution is -0.167. The number of hydrogen-bond donors (Lipinski definition) is 0. The van der Waals surface area contributed by atoms with E-state index < -0.39 is 6.10 Å². The van der Waals surface area contributed by atoms with E-state index in [9.17, 15) is 14.4 Å². The molecule has 1 atom stereocenters. The second-order valence-corrected chi connectivity index (χ2v) is 15.3. The van der Waals surface area contributed by atoms with Crippen LogP contribution in [0.3, 0.4) is 0 Å². The topological polar surface area (TPSA) is 78.9 Å². The van der Waals surface area contributed by atoms with Crippen LogP contribution in [0.4, 0.5) is 0 Å². The SMILES string of the molecule is CC\C=C/C=C\C=C/CCCCCCCC(=O)OC(COC(=O)CCC/C=C\C/C=C\C/C=C\C/C=C\CCCCC)COC(=O)CCCCCCC/C=C\CCCC. The summed E-state index contributed by atoms with van der Waals surface area (Å²) in [6.07, 6.45) is 61.1. The van der Waals surface area contributed by atoms with Crippen LogP contribution in [-0.2, 0) is 28.6 Å². The van der Waals surface area contributed by atoms with Crippen LogP contribution in [0, 0.1) is 0 Å². The average molecular weight is 819 g/mol. The zero-order chi connectivity index (χ0) is 43.0. The fraction of sp³-hybridized carbons (Fsp3) is 0.642. The van der Waals surface area contributed by atoms with Crippen LogP contribution in [0.15, 0.2) is 97.2 Å². The molecule has 6 nitrogen and oxygen atoms in total. The van der Waals surface area contributed by atoms with Crippen molar-refractivity contribution in [2.24, 2.45) is 0 Å². The molecule has 0 saturated carbocycles. The van der Waals surface area contributed by atoms with Crippen molar-refractivity contribution in [1.29, 1.82) is 0 Å². The van der Waals surface area contributed by atoms with Gasteiger partial charge in [-0.05, 0) is 96.3 Å². The van der Waals surface area contributed by atoms with Crippen LogP contribution in [-0.4, -0.2) is 37.2 Å². The molecule has 0 spiro atoms. The maximum absolute atomic E-state index is 12.7. The fourth-order valence-electron chi connectivity index (χ4n) is 6.00. The summed E-state index contributed by atoms with van der Waals surface area (Å²) in [6.45, 7) is 6.34. The Morgan fingerprint density at radius 2 is 0.763 bits per heavy atom. The number of unbranched alkanes of at least 4 members (excludes halogenated alkanes) is 16. The quantitative estimate of drug-likeness (QED) is 0.0201. The van der Waals surface area contributed by atoms with E-state index in [0.29, 0.717) is 12.8 Å². The van der Waals surface area contributed by atoms with Gasteiger partial charge in [-0.25, -0.2) is 0 Å². The van der Waals surface area contributed by atoms with Gasteiger partial charge in [0.05, 0.1) is 0 Å². The highest BCUT2D eigenvalue weighted by atomic mass is 16.6. The van der Waals surface area contributed by atoms with E-state index in [4.69, 9.17) is 14.2 Å². The third-order valence-corrected chi connectivity index (χ3v) is 9.60. The molecule has 0 radical (unpaired) electrons. The van der Waals surface area contributed by atoms with Crippen LogP contribution in [0.25, 0.3) is 0 Å². The molecular formula is C53H86O6. The summed E-state index contributed by atoms with van der Waals surface area (Å²) in [5.41, 5.74) is 0.